The van der Waals surface area contributed by atoms with Crippen molar-refractivity contribution in [1.29, 1.82) is 0 Å². The summed E-state index contributed by atoms with van der Waals surface area (Å²) in [5.41, 5.74) is 0.953. The number of carbonyl (C=O) groups excluding carboxylic acids is 1. The zero-order valence-electron chi connectivity index (χ0n) is 10.6. The first-order valence-corrected chi connectivity index (χ1v) is 7.42. The van der Waals surface area contributed by atoms with E-state index >= 15 is 0 Å². The minimum absolute atomic E-state index is 0.00764. The summed E-state index contributed by atoms with van der Waals surface area (Å²) in [6, 6.07) is 10.1. The van der Waals surface area contributed by atoms with Gasteiger partial charge in [-0.15, -0.1) is 0 Å². The number of carbonyl (C=O) groups is 1. The maximum absolute atomic E-state index is 11.9. The van der Waals surface area contributed by atoms with E-state index in [4.69, 9.17) is 46.4 Å². The van der Waals surface area contributed by atoms with E-state index < -0.39 is 0 Å². The molecular weight excluding hydrogens is 354 g/mol. The molecular formula is C14H10Cl4N2O. The zero-order valence-corrected chi connectivity index (χ0v) is 13.6. The van der Waals surface area contributed by atoms with Crippen LogP contribution in [0.4, 0.5) is 11.4 Å². The number of rotatable bonds is 4. The van der Waals surface area contributed by atoms with E-state index in [1.165, 1.54) is 0 Å². The van der Waals surface area contributed by atoms with Gasteiger partial charge < -0.3 is 10.6 Å². The van der Waals surface area contributed by atoms with E-state index in [2.05, 4.69) is 10.6 Å². The number of benzene rings is 2. The van der Waals surface area contributed by atoms with Crippen LogP contribution in [-0.4, -0.2) is 12.5 Å². The van der Waals surface area contributed by atoms with Gasteiger partial charge in [-0.1, -0.05) is 58.5 Å². The minimum atomic E-state index is -0.296. The van der Waals surface area contributed by atoms with Crippen LogP contribution in [0.3, 0.4) is 0 Å². The highest BCUT2D eigenvalue weighted by Gasteiger charge is 2.10. The van der Waals surface area contributed by atoms with Gasteiger partial charge in [0.25, 0.3) is 0 Å². The summed E-state index contributed by atoms with van der Waals surface area (Å²) in [7, 11) is 0. The number of hydrogen-bond acceptors (Lipinski definition) is 2. The predicted molar refractivity (Wildman–Crippen MR) is 90.0 cm³/mol. The third kappa shape index (κ3) is 4.17. The molecule has 0 radical (unpaired) electrons. The summed E-state index contributed by atoms with van der Waals surface area (Å²) < 4.78 is 0. The van der Waals surface area contributed by atoms with Crippen LogP contribution in [0.25, 0.3) is 0 Å². The zero-order chi connectivity index (χ0) is 15.4. The summed E-state index contributed by atoms with van der Waals surface area (Å²) in [5, 5.41) is 7.09. The van der Waals surface area contributed by atoms with Crippen molar-refractivity contribution in [2.75, 3.05) is 17.2 Å². The average molecular weight is 364 g/mol. The van der Waals surface area contributed by atoms with E-state index in [0.717, 1.165) is 0 Å². The van der Waals surface area contributed by atoms with Gasteiger partial charge in [-0.3, -0.25) is 4.79 Å². The Bertz CT molecular complexity index is 656. The molecule has 0 aliphatic heterocycles. The maximum Gasteiger partial charge on any atom is 0.243 e. The van der Waals surface area contributed by atoms with Gasteiger partial charge in [0.2, 0.25) is 5.91 Å². The quantitative estimate of drug-likeness (QED) is 0.768. The summed E-state index contributed by atoms with van der Waals surface area (Å²) in [4.78, 5) is 11.9. The number of hydrogen-bond donors (Lipinski definition) is 2. The Kier molecular flexibility index (Phi) is 5.59. The smallest absolute Gasteiger partial charge is 0.243 e. The maximum atomic E-state index is 11.9. The van der Waals surface area contributed by atoms with Gasteiger partial charge in [0.15, 0.2) is 0 Å². The number of para-hydroxylation sites is 1. The molecule has 2 aromatic rings. The Morgan fingerprint density at radius 1 is 0.905 bits per heavy atom. The van der Waals surface area contributed by atoms with E-state index in [1.54, 1.807) is 36.4 Å². The molecule has 0 aliphatic rings. The van der Waals surface area contributed by atoms with Gasteiger partial charge in [-0.05, 0) is 24.3 Å². The van der Waals surface area contributed by atoms with Crippen molar-refractivity contribution in [3.63, 3.8) is 0 Å². The molecule has 2 rings (SSSR count). The molecule has 3 nitrogen and oxygen atoms in total. The Labute approximate surface area is 142 Å². The number of nitrogens with one attached hydrogen (secondary N) is 2. The summed E-state index contributed by atoms with van der Waals surface area (Å²) >= 11 is 23.9. The van der Waals surface area contributed by atoms with Crippen molar-refractivity contribution in [2.45, 2.75) is 0 Å². The SMILES string of the molecule is O=C(CNc1c(Cl)cccc1Cl)Nc1cccc(Cl)c1Cl. The van der Waals surface area contributed by atoms with Crippen molar-refractivity contribution in [3.05, 3.63) is 56.5 Å². The fraction of sp³-hybridized carbons (Fsp3) is 0.0714. The topological polar surface area (TPSA) is 41.1 Å². The van der Waals surface area contributed by atoms with Crippen LogP contribution in [0.2, 0.25) is 20.1 Å². The van der Waals surface area contributed by atoms with Crippen molar-refractivity contribution >= 4 is 63.7 Å². The highest BCUT2D eigenvalue weighted by molar-refractivity contribution is 6.44. The lowest BCUT2D eigenvalue weighted by Crippen LogP contribution is -2.22. The molecule has 0 bridgehead atoms. The number of amides is 1. The summed E-state index contributed by atoms with van der Waals surface area (Å²) in [6.45, 7) is -0.00764. The minimum Gasteiger partial charge on any atom is -0.374 e. The predicted octanol–water partition coefficient (Wildman–Crippen LogP) is 5.35. The van der Waals surface area contributed by atoms with Crippen molar-refractivity contribution in [2.24, 2.45) is 0 Å². The van der Waals surface area contributed by atoms with Crippen LogP contribution in [0.5, 0.6) is 0 Å². The summed E-state index contributed by atoms with van der Waals surface area (Å²) in [6.07, 6.45) is 0. The molecule has 0 heterocycles. The Hall–Kier alpha value is -1.13. The van der Waals surface area contributed by atoms with Crippen LogP contribution in [0.1, 0.15) is 0 Å². The van der Waals surface area contributed by atoms with Crippen LogP contribution in [-0.2, 0) is 4.79 Å². The fourth-order valence-electron chi connectivity index (χ4n) is 1.63. The molecule has 0 aliphatic carbocycles. The standard InChI is InChI=1S/C14H10Cl4N2O/c15-8-3-2-6-11(13(8)18)20-12(21)7-19-14-9(16)4-1-5-10(14)17/h1-6,19H,7H2,(H,20,21). The molecule has 21 heavy (non-hydrogen) atoms. The third-order valence-electron chi connectivity index (χ3n) is 2.61. The first-order chi connectivity index (χ1) is 9.99. The fourth-order valence-corrected chi connectivity index (χ4v) is 2.51. The molecule has 0 aromatic heterocycles. The van der Waals surface area contributed by atoms with Crippen molar-refractivity contribution < 1.29 is 4.79 Å². The highest BCUT2D eigenvalue weighted by Crippen LogP contribution is 2.30. The van der Waals surface area contributed by atoms with E-state index in [1.807, 2.05) is 0 Å². The van der Waals surface area contributed by atoms with Crippen LogP contribution in [0.15, 0.2) is 36.4 Å². The second kappa shape index (κ2) is 7.23. The molecule has 0 saturated carbocycles. The first kappa shape index (κ1) is 16.2. The number of anilines is 2. The number of halogens is 4. The van der Waals surface area contributed by atoms with Gasteiger partial charge in [-0.25, -0.2) is 0 Å². The molecule has 0 spiro atoms. The van der Waals surface area contributed by atoms with E-state index in [0.29, 0.717) is 31.5 Å². The molecule has 0 fully saturated rings. The van der Waals surface area contributed by atoms with Gasteiger partial charge in [0.05, 0.1) is 38.0 Å². The second-order valence-corrected chi connectivity index (χ2v) is 5.70. The van der Waals surface area contributed by atoms with Gasteiger partial charge >= 0.3 is 0 Å². The Balaban J connectivity index is 2.01. The summed E-state index contributed by atoms with van der Waals surface area (Å²) in [5.74, 6) is -0.296. The highest BCUT2D eigenvalue weighted by atomic mass is 35.5. The van der Waals surface area contributed by atoms with Crippen LogP contribution >= 0.6 is 46.4 Å². The van der Waals surface area contributed by atoms with E-state index in [9.17, 15) is 4.79 Å². The van der Waals surface area contributed by atoms with E-state index in [-0.39, 0.29) is 12.5 Å². The third-order valence-corrected chi connectivity index (χ3v) is 4.06. The lowest BCUT2D eigenvalue weighted by atomic mass is 10.3. The van der Waals surface area contributed by atoms with Crippen molar-refractivity contribution in [3.8, 4) is 0 Å². The molecule has 0 unspecified atom stereocenters. The van der Waals surface area contributed by atoms with Gasteiger partial charge in [0, 0.05) is 0 Å². The first-order valence-electron chi connectivity index (χ1n) is 5.91. The lowest BCUT2D eigenvalue weighted by molar-refractivity contribution is -0.114. The normalized spacial score (nSPS) is 10.3. The van der Waals surface area contributed by atoms with Crippen molar-refractivity contribution in [1.82, 2.24) is 0 Å². The van der Waals surface area contributed by atoms with Crippen LogP contribution in [0, 0.1) is 0 Å². The van der Waals surface area contributed by atoms with Gasteiger partial charge in [-0.2, -0.15) is 0 Å². The molecule has 2 N–H and O–H groups in total. The molecule has 2 aromatic carbocycles. The average Bonchev–Trinajstić information content (AvgIpc) is 2.43. The van der Waals surface area contributed by atoms with Crippen LogP contribution < -0.4 is 10.6 Å². The molecule has 110 valence electrons. The molecule has 7 heteroatoms. The molecule has 0 saturated heterocycles. The lowest BCUT2D eigenvalue weighted by Gasteiger charge is -2.11. The second-order valence-electron chi connectivity index (χ2n) is 4.10. The Morgan fingerprint density at radius 2 is 1.48 bits per heavy atom. The van der Waals surface area contributed by atoms with Gasteiger partial charge in [0.1, 0.15) is 0 Å². The molecule has 1 amide bonds. The Morgan fingerprint density at radius 3 is 2.14 bits per heavy atom. The monoisotopic (exact) mass is 362 g/mol. The molecule has 0 atom stereocenters. The largest absolute Gasteiger partial charge is 0.374 e.